The molecule has 0 radical (unpaired) electrons. The maximum Gasteiger partial charge on any atom is 0.265 e. The SMILES string of the molecule is Cc1c(CO)cccc1-n1c2c(cc(-c3nc(-c4ccc(Cl)cc4)cs3)c1=O)C(=O)CCC2. The summed E-state index contributed by atoms with van der Waals surface area (Å²) >= 11 is 7.38. The zero-order valence-electron chi connectivity index (χ0n) is 18.0. The lowest BCUT2D eigenvalue weighted by molar-refractivity contribution is 0.0971. The van der Waals surface area contributed by atoms with Crippen LogP contribution in [0.15, 0.2) is 58.7 Å². The van der Waals surface area contributed by atoms with Gasteiger partial charge in [-0.1, -0.05) is 35.9 Å². The minimum absolute atomic E-state index is 0.0386. The number of thiazole rings is 1. The molecular weight excluding hydrogens is 456 g/mol. The van der Waals surface area contributed by atoms with Gasteiger partial charge in [0.05, 0.1) is 23.6 Å². The third-order valence-corrected chi connectivity index (χ3v) is 7.25. The highest BCUT2D eigenvalue weighted by Gasteiger charge is 2.26. The van der Waals surface area contributed by atoms with Crippen molar-refractivity contribution < 1.29 is 9.90 Å². The molecule has 0 atom stereocenters. The van der Waals surface area contributed by atoms with Crippen LogP contribution in [0.25, 0.3) is 27.5 Å². The first-order valence-corrected chi connectivity index (χ1v) is 12.0. The average Bonchev–Trinajstić information content (AvgIpc) is 3.30. The molecule has 5 nitrogen and oxygen atoms in total. The molecule has 0 saturated heterocycles. The molecule has 33 heavy (non-hydrogen) atoms. The van der Waals surface area contributed by atoms with E-state index >= 15 is 0 Å². The highest BCUT2D eigenvalue weighted by molar-refractivity contribution is 7.13. The van der Waals surface area contributed by atoms with Gasteiger partial charge in [0.15, 0.2) is 5.78 Å². The number of hydrogen-bond acceptors (Lipinski definition) is 5. The van der Waals surface area contributed by atoms with Gasteiger partial charge in [-0.3, -0.25) is 14.2 Å². The molecule has 1 aliphatic carbocycles. The van der Waals surface area contributed by atoms with E-state index in [-0.39, 0.29) is 17.9 Å². The number of aliphatic hydroxyl groups excluding tert-OH is 1. The van der Waals surface area contributed by atoms with Crippen molar-refractivity contribution in [3.8, 4) is 27.5 Å². The minimum atomic E-state index is -0.210. The molecule has 0 amide bonds. The molecule has 0 bridgehead atoms. The van der Waals surface area contributed by atoms with Gasteiger partial charge in [-0.25, -0.2) is 4.98 Å². The van der Waals surface area contributed by atoms with Crippen LogP contribution in [0.1, 0.15) is 40.0 Å². The molecule has 2 aromatic heterocycles. The smallest absolute Gasteiger partial charge is 0.265 e. The number of carbonyl (C=O) groups is 1. The molecule has 5 rings (SSSR count). The van der Waals surface area contributed by atoms with E-state index in [9.17, 15) is 14.7 Å². The molecule has 1 N–H and O–H groups in total. The van der Waals surface area contributed by atoms with E-state index < -0.39 is 0 Å². The minimum Gasteiger partial charge on any atom is -0.392 e. The van der Waals surface area contributed by atoms with Gasteiger partial charge in [0, 0.05) is 33.6 Å². The topological polar surface area (TPSA) is 72.2 Å². The molecule has 4 aromatic rings. The van der Waals surface area contributed by atoms with Crippen molar-refractivity contribution in [3.63, 3.8) is 0 Å². The molecule has 0 unspecified atom stereocenters. The molecule has 166 valence electrons. The van der Waals surface area contributed by atoms with Crippen molar-refractivity contribution >= 4 is 28.7 Å². The normalized spacial score (nSPS) is 13.2. The molecule has 7 heteroatoms. The number of Topliss-reactive ketones (excluding diaryl/α,β-unsaturated/α-hetero) is 1. The molecule has 2 heterocycles. The van der Waals surface area contributed by atoms with Crippen molar-refractivity contribution in [2.45, 2.75) is 32.8 Å². The number of benzene rings is 2. The number of nitrogens with zero attached hydrogens (tertiary/aromatic N) is 2. The molecular formula is C26H21ClN2O3S. The lowest BCUT2D eigenvalue weighted by Gasteiger charge is -2.23. The molecule has 2 aromatic carbocycles. The lowest BCUT2D eigenvalue weighted by atomic mass is 9.92. The van der Waals surface area contributed by atoms with Crippen LogP contribution in [0.2, 0.25) is 5.02 Å². The summed E-state index contributed by atoms with van der Waals surface area (Å²) < 4.78 is 1.65. The first kappa shape index (κ1) is 21.8. The Balaban J connectivity index is 1.73. The number of halogens is 1. The molecule has 0 spiro atoms. The number of ketones is 1. The Labute approximate surface area is 199 Å². The largest absolute Gasteiger partial charge is 0.392 e. The fourth-order valence-corrected chi connectivity index (χ4v) is 5.30. The summed E-state index contributed by atoms with van der Waals surface area (Å²) in [6.07, 6.45) is 1.82. The molecule has 0 saturated carbocycles. The summed E-state index contributed by atoms with van der Waals surface area (Å²) in [6, 6.07) is 14.6. The van der Waals surface area contributed by atoms with Gasteiger partial charge in [0.1, 0.15) is 5.01 Å². The van der Waals surface area contributed by atoms with Gasteiger partial charge in [0.2, 0.25) is 0 Å². The van der Waals surface area contributed by atoms with Crippen LogP contribution >= 0.6 is 22.9 Å². The number of rotatable bonds is 4. The Morgan fingerprint density at radius 1 is 1.09 bits per heavy atom. The zero-order chi connectivity index (χ0) is 23.1. The lowest BCUT2D eigenvalue weighted by Crippen LogP contribution is -2.29. The number of pyridine rings is 1. The van der Waals surface area contributed by atoms with Crippen LogP contribution < -0.4 is 5.56 Å². The monoisotopic (exact) mass is 476 g/mol. The van der Waals surface area contributed by atoms with Gasteiger partial charge < -0.3 is 5.11 Å². The molecule has 0 aliphatic heterocycles. The summed E-state index contributed by atoms with van der Waals surface area (Å²) in [6.45, 7) is 1.77. The van der Waals surface area contributed by atoms with Crippen LogP contribution in [0, 0.1) is 6.92 Å². The zero-order valence-corrected chi connectivity index (χ0v) is 19.5. The van der Waals surface area contributed by atoms with Gasteiger partial charge in [-0.15, -0.1) is 11.3 Å². The first-order valence-electron chi connectivity index (χ1n) is 10.7. The average molecular weight is 477 g/mol. The Morgan fingerprint density at radius 3 is 2.64 bits per heavy atom. The van der Waals surface area contributed by atoms with Crippen molar-refractivity contribution in [3.05, 3.63) is 91.7 Å². The van der Waals surface area contributed by atoms with Gasteiger partial charge in [-0.2, -0.15) is 0 Å². The fraction of sp³-hybridized carbons (Fsp3) is 0.192. The Bertz CT molecular complexity index is 1440. The predicted octanol–water partition coefficient (Wildman–Crippen LogP) is 5.60. The number of fused-ring (bicyclic) bond motifs is 1. The second-order valence-corrected chi connectivity index (χ2v) is 9.39. The van der Waals surface area contributed by atoms with E-state index in [0.29, 0.717) is 46.1 Å². The van der Waals surface area contributed by atoms with Crippen LogP contribution in [-0.4, -0.2) is 20.4 Å². The fourth-order valence-electron chi connectivity index (χ4n) is 4.33. The van der Waals surface area contributed by atoms with Gasteiger partial charge >= 0.3 is 0 Å². The highest BCUT2D eigenvalue weighted by Crippen LogP contribution is 2.32. The van der Waals surface area contributed by atoms with Crippen LogP contribution in [0.3, 0.4) is 0 Å². The van der Waals surface area contributed by atoms with Crippen molar-refractivity contribution in [2.75, 3.05) is 0 Å². The second-order valence-electron chi connectivity index (χ2n) is 8.10. The predicted molar refractivity (Wildman–Crippen MR) is 132 cm³/mol. The second kappa shape index (κ2) is 8.71. The van der Waals surface area contributed by atoms with E-state index in [1.807, 2.05) is 42.6 Å². The van der Waals surface area contributed by atoms with Gasteiger partial charge in [0.25, 0.3) is 5.56 Å². The molecule has 1 aliphatic rings. The highest BCUT2D eigenvalue weighted by atomic mass is 35.5. The van der Waals surface area contributed by atoms with Crippen LogP contribution in [0.4, 0.5) is 0 Å². The standard InChI is InChI=1S/C26H21ClN2O3S/c1-15-17(13-30)4-2-5-22(15)29-23-6-3-7-24(31)19(23)12-20(26(29)32)25-28-21(14-33-25)16-8-10-18(27)11-9-16/h2,4-5,8-12,14,30H,3,6-7,13H2,1H3. The van der Waals surface area contributed by atoms with E-state index in [1.165, 1.54) is 11.3 Å². The summed E-state index contributed by atoms with van der Waals surface area (Å²) in [5.74, 6) is 0.0386. The maximum absolute atomic E-state index is 13.8. The maximum atomic E-state index is 13.8. The number of aromatic nitrogens is 2. The van der Waals surface area contributed by atoms with E-state index in [2.05, 4.69) is 0 Å². The van der Waals surface area contributed by atoms with Crippen molar-refractivity contribution in [1.82, 2.24) is 9.55 Å². The van der Waals surface area contributed by atoms with Crippen LogP contribution in [-0.2, 0) is 13.0 Å². The quantitative estimate of drug-likeness (QED) is 0.416. The summed E-state index contributed by atoms with van der Waals surface area (Å²) in [5.41, 5.74) is 5.42. The van der Waals surface area contributed by atoms with Gasteiger partial charge in [-0.05, 0) is 55.2 Å². The summed E-state index contributed by atoms with van der Waals surface area (Å²) in [5, 5.41) is 12.9. The van der Waals surface area contributed by atoms with Crippen molar-refractivity contribution in [1.29, 1.82) is 0 Å². The van der Waals surface area contributed by atoms with Crippen molar-refractivity contribution in [2.24, 2.45) is 0 Å². The summed E-state index contributed by atoms with van der Waals surface area (Å²) in [4.78, 5) is 31.4. The first-order chi connectivity index (χ1) is 16.0. The Kier molecular flexibility index (Phi) is 5.74. The third kappa shape index (κ3) is 3.84. The Hall–Kier alpha value is -3.06. The van der Waals surface area contributed by atoms with E-state index in [4.69, 9.17) is 16.6 Å². The number of aliphatic hydroxyl groups is 1. The summed E-state index contributed by atoms with van der Waals surface area (Å²) in [7, 11) is 0. The van der Waals surface area contributed by atoms with E-state index in [1.54, 1.807) is 22.8 Å². The number of carbonyl (C=O) groups excluding carboxylic acids is 1. The molecule has 0 fully saturated rings. The third-order valence-electron chi connectivity index (χ3n) is 6.12. The van der Waals surface area contributed by atoms with E-state index in [0.717, 1.165) is 28.1 Å². The number of hydrogen-bond donors (Lipinski definition) is 1. The Morgan fingerprint density at radius 2 is 1.88 bits per heavy atom. The van der Waals surface area contributed by atoms with Crippen LogP contribution in [0.5, 0.6) is 0 Å².